The van der Waals surface area contributed by atoms with Gasteiger partial charge in [-0.3, -0.25) is 4.99 Å². The summed E-state index contributed by atoms with van der Waals surface area (Å²) < 4.78 is 0. The fourth-order valence-corrected chi connectivity index (χ4v) is 4.17. The average Bonchev–Trinajstić information content (AvgIpc) is 2.60. The van der Waals surface area contributed by atoms with Crippen LogP contribution in [0.1, 0.15) is 51.2 Å². The van der Waals surface area contributed by atoms with Crippen LogP contribution in [0, 0.1) is 0 Å². The monoisotopic (exact) mass is 349 g/mol. The summed E-state index contributed by atoms with van der Waals surface area (Å²) in [4.78, 5) is 9.29. The summed E-state index contributed by atoms with van der Waals surface area (Å²) in [7, 11) is 4.10. The molecule has 0 amide bonds. The fourth-order valence-electron chi connectivity index (χ4n) is 4.17. The Morgan fingerprint density at radius 1 is 1.15 bits per heavy atom. The Morgan fingerprint density at radius 2 is 1.85 bits per heavy atom. The molecule has 2 aromatic rings. The topological polar surface area (TPSA) is 18.8 Å². The quantitative estimate of drug-likeness (QED) is 0.668. The predicted molar refractivity (Wildman–Crippen MR) is 115 cm³/mol. The molecule has 0 saturated carbocycles. The van der Waals surface area contributed by atoms with Crippen molar-refractivity contribution in [2.45, 2.75) is 45.6 Å². The van der Waals surface area contributed by atoms with E-state index in [1.807, 2.05) is 20.3 Å². The van der Waals surface area contributed by atoms with Crippen LogP contribution in [-0.4, -0.2) is 32.4 Å². The Kier molecular flexibility index (Phi) is 5.08. The minimum Gasteiger partial charge on any atom is -0.378 e. The fraction of sp³-hybridized carbons (Fsp3) is 0.435. The van der Waals surface area contributed by atoms with Crippen molar-refractivity contribution in [3.05, 3.63) is 53.6 Å². The van der Waals surface area contributed by atoms with Crippen LogP contribution in [0.15, 0.2) is 47.5 Å². The number of benzene rings is 2. The van der Waals surface area contributed by atoms with Crippen molar-refractivity contribution < 1.29 is 0 Å². The van der Waals surface area contributed by atoms with Crippen molar-refractivity contribution in [2.24, 2.45) is 4.99 Å². The van der Waals surface area contributed by atoms with Crippen LogP contribution in [0.25, 0.3) is 0 Å². The van der Waals surface area contributed by atoms with Crippen molar-refractivity contribution in [3.8, 4) is 0 Å². The van der Waals surface area contributed by atoms with Gasteiger partial charge in [0, 0.05) is 43.8 Å². The highest BCUT2D eigenvalue weighted by atomic mass is 15.2. The molecule has 2 aromatic carbocycles. The lowest BCUT2D eigenvalue weighted by atomic mass is 9.79. The molecule has 0 fully saturated rings. The van der Waals surface area contributed by atoms with Gasteiger partial charge in [0.2, 0.25) is 0 Å². The maximum absolute atomic E-state index is 4.66. The Morgan fingerprint density at radius 3 is 2.46 bits per heavy atom. The number of aliphatic imine (C=N–C) groups is 1. The number of rotatable bonds is 4. The Bertz CT molecular complexity index is 788. The number of fused-ring (bicyclic) bond motifs is 1. The molecular formula is C23H31N3. The van der Waals surface area contributed by atoms with Crippen LogP contribution in [0.5, 0.6) is 0 Å². The smallest absolute Gasteiger partial charge is 0.0631 e. The van der Waals surface area contributed by atoms with E-state index in [1.54, 1.807) is 0 Å². The van der Waals surface area contributed by atoms with Crippen LogP contribution >= 0.6 is 0 Å². The lowest BCUT2D eigenvalue weighted by Gasteiger charge is -2.47. The zero-order valence-electron chi connectivity index (χ0n) is 17.0. The third-order valence-corrected chi connectivity index (χ3v) is 5.45. The molecule has 3 nitrogen and oxygen atoms in total. The molecule has 0 unspecified atom stereocenters. The van der Waals surface area contributed by atoms with Gasteiger partial charge in [0.15, 0.2) is 0 Å². The second kappa shape index (κ2) is 7.14. The average molecular weight is 350 g/mol. The normalized spacial score (nSPS) is 18.8. The molecule has 26 heavy (non-hydrogen) atoms. The molecule has 0 N–H and O–H groups in total. The van der Waals surface area contributed by atoms with Crippen LogP contribution in [0.2, 0.25) is 0 Å². The largest absolute Gasteiger partial charge is 0.378 e. The molecule has 0 saturated heterocycles. The Hall–Kier alpha value is -2.29. The standard InChI is InChI=1S/C23H31N3/c1-7-26-22-13-8-18(14-21(22)17(2)15-23(26,3)4)16-24-19-9-11-20(12-10-19)25(5)6/h8-14,16-17H,7,15H2,1-6H3/t17-/m0/s1. The maximum Gasteiger partial charge on any atom is 0.0631 e. The zero-order chi connectivity index (χ0) is 18.9. The molecule has 0 spiro atoms. The summed E-state index contributed by atoms with van der Waals surface area (Å²) in [5.74, 6) is 0.565. The number of anilines is 2. The molecular weight excluding hydrogens is 318 g/mol. The summed E-state index contributed by atoms with van der Waals surface area (Å²) in [5, 5.41) is 0. The Balaban J connectivity index is 1.86. The second-order valence-corrected chi connectivity index (χ2v) is 8.15. The first-order valence-electron chi connectivity index (χ1n) is 9.55. The van der Waals surface area contributed by atoms with Crippen LogP contribution in [-0.2, 0) is 0 Å². The Labute approximate surface area is 158 Å². The molecule has 0 aromatic heterocycles. The lowest BCUT2D eigenvalue weighted by molar-refractivity contribution is 0.381. The van der Waals surface area contributed by atoms with Gasteiger partial charge in [-0.15, -0.1) is 0 Å². The van der Waals surface area contributed by atoms with Gasteiger partial charge in [0.05, 0.1) is 5.69 Å². The van der Waals surface area contributed by atoms with Gasteiger partial charge in [-0.1, -0.05) is 13.0 Å². The third kappa shape index (κ3) is 3.62. The van der Waals surface area contributed by atoms with Crippen molar-refractivity contribution in [1.29, 1.82) is 0 Å². The van der Waals surface area contributed by atoms with Crippen molar-refractivity contribution in [1.82, 2.24) is 0 Å². The SMILES string of the molecule is CCN1c2ccc(C=Nc3ccc(N(C)C)cc3)cc2[C@@H](C)CC1(C)C. The number of hydrogen-bond acceptors (Lipinski definition) is 3. The van der Waals surface area contributed by atoms with E-state index in [2.05, 4.69) is 85.0 Å². The first kappa shape index (κ1) is 18.5. The van der Waals surface area contributed by atoms with E-state index in [1.165, 1.54) is 28.9 Å². The summed E-state index contributed by atoms with van der Waals surface area (Å²) in [6, 6.07) is 15.1. The van der Waals surface area contributed by atoms with Crippen LogP contribution in [0.4, 0.5) is 17.1 Å². The van der Waals surface area contributed by atoms with Gasteiger partial charge in [-0.05, 0) is 80.6 Å². The van der Waals surface area contributed by atoms with Gasteiger partial charge in [0.25, 0.3) is 0 Å². The van der Waals surface area contributed by atoms with Crippen molar-refractivity contribution >= 4 is 23.3 Å². The van der Waals surface area contributed by atoms with E-state index in [0.717, 1.165) is 12.2 Å². The highest BCUT2D eigenvalue weighted by Gasteiger charge is 2.35. The van der Waals surface area contributed by atoms with E-state index in [4.69, 9.17) is 0 Å². The summed E-state index contributed by atoms with van der Waals surface area (Å²) in [6.07, 6.45) is 3.16. The highest BCUT2D eigenvalue weighted by molar-refractivity contribution is 5.84. The minimum atomic E-state index is 0.213. The van der Waals surface area contributed by atoms with Gasteiger partial charge in [-0.2, -0.15) is 0 Å². The molecule has 0 radical (unpaired) electrons. The van der Waals surface area contributed by atoms with Crippen LogP contribution in [0.3, 0.4) is 0 Å². The van der Waals surface area contributed by atoms with Gasteiger partial charge in [-0.25, -0.2) is 0 Å². The van der Waals surface area contributed by atoms with Crippen LogP contribution < -0.4 is 9.80 Å². The van der Waals surface area contributed by atoms with E-state index < -0.39 is 0 Å². The molecule has 1 heterocycles. The predicted octanol–water partition coefficient (Wildman–Crippen LogP) is 5.62. The second-order valence-electron chi connectivity index (χ2n) is 8.15. The van der Waals surface area contributed by atoms with E-state index in [-0.39, 0.29) is 5.54 Å². The molecule has 1 aliphatic heterocycles. The first-order chi connectivity index (χ1) is 12.3. The lowest BCUT2D eigenvalue weighted by Crippen LogP contribution is -2.48. The third-order valence-electron chi connectivity index (χ3n) is 5.45. The molecule has 0 aliphatic carbocycles. The van der Waals surface area contributed by atoms with Gasteiger partial charge in [0.1, 0.15) is 0 Å². The zero-order valence-corrected chi connectivity index (χ0v) is 17.0. The van der Waals surface area contributed by atoms with Crippen molar-refractivity contribution in [3.63, 3.8) is 0 Å². The minimum absolute atomic E-state index is 0.213. The number of nitrogens with zero attached hydrogens (tertiary/aromatic N) is 3. The molecule has 0 bridgehead atoms. The van der Waals surface area contributed by atoms with Gasteiger partial charge >= 0.3 is 0 Å². The highest BCUT2D eigenvalue weighted by Crippen LogP contribution is 2.43. The van der Waals surface area contributed by atoms with Crippen molar-refractivity contribution in [2.75, 3.05) is 30.4 Å². The van der Waals surface area contributed by atoms with E-state index in [0.29, 0.717) is 5.92 Å². The van der Waals surface area contributed by atoms with E-state index >= 15 is 0 Å². The first-order valence-corrected chi connectivity index (χ1v) is 9.55. The molecule has 138 valence electrons. The number of hydrogen-bond donors (Lipinski definition) is 0. The maximum atomic E-state index is 4.66. The molecule has 3 heteroatoms. The molecule has 1 aliphatic rings. The molecule has 3 rings (SSSR count). The summed E-state index contributed by atoms with van der Waals surface area (Å²) in [5.41, 5.74) is 6.38. The van der Waals surface area contributed by atoms with E-state index in [9.17, 15) is 0 Å². The molecule has 1 atom stereocenters. The van der Waals surface area contributed by atoms with Gasteiger partial charge < -0.3 is 9.80 Å². The summed E-state index contributed by atoms with van der Waals surface area (Å²) >= 11 is 0. The summed E-state index contributed by atoms with van der Waals surface area (Å²) in [6.45, 7) is 10.3.